The largest absolute Gasteiger partial charge is 0.244 e. The number of hydrogen-bond donors (Lipinski definition) is 0. The van der Waals surface area contributed by atoms with E-state index in [1.807, 2.05) is 13.8 Å². The maximum atomic E-state index is 12.8. The highest BCUT2D eigenvalue weighted by molar-refractivity contribution is 7.93. The van der Waals surface area contributed by atoms with Crippen molar-refractivity contribution < 1.29 is 16.8 Å². The summed E-state index contributed by atoms with van der Waals surface area (Å²) >= 11 is 0. The summed E-state index contributed by atoms with van der Waals surface area (Å²) in [5, 5.41) is 0. The Morgan fingerprint density at radius 1 is 0.952 bits per heavy atom. The van der Waals surface area contributed by atoms with E-state index in [4.69, 9.17) is 0 Å². The average Bonchev–Trinajstić information content (AvgIpc) is 2.36. The molecular weight excluding hydrogens is 310 g/mol. The van der Waals surface area contributed by atoms with Gasteiger partial charge >= 0.3 is 0 Å². The SMILES string of the molecule is CC1CC(C)CN(S(=O)(=O)c2ccccc2S(C)(=O)=O)C1. The van der Waals surface area contributed by atoms with E-state index in [2.05, 4.69) is 0 Å². The molecule has 118 valence electrons. The quantitative estimate of drug-likeness (QED) is 0.846. The van der Waals surface area contributed by atoms with E-state index >= 15 is 0 Å². The van der Waals surface area contributed by atoms with Gasteiger partial charge in [-0.2, -0.15) is 4.31 Å². The molecule has 2 rings (SSSR count). The number of sulfone groups is 1. The second-order valence-corrected chi connectivity index (χ2v) is 9.88. The van der Waals surface area contributed by atoms with Crippen LogP contribution in [0.2, 0.25) is 0 Å². The maximum absolute atomic E-state index is 12.8. The van der Waals surface area contributed by atoms with Crippen LogP contribution in [0, 0.1) is 11.8 Å². The van der Waals surface area contributed by atoms with Gasteiger partial charge in [-0.15, -0.1) is 0 Å². The first-order valence-corrected chi connectivity index (χ1v) is 10.2. The zero-order chi connectivity index (χ0) is 15.8. The van der Waals surface area contributed by atoms with Crippen LogP contribution in [0.4, 0.5) is 0 Å². The molecule has 0 saturated carbocycles. The lowest BCUT2D eigenvalue weighted by Gasteiger charge is -2.34. The summed E-state index contributed by atoms with van der Waals surface area (Å²) in [5.41, 5.74) is 0. The van der Waals surface area contributed by atoms with Gasteiger partial charge in [-0.1, -0.05) is 26.0 Å². The number of piperidine rings is 1. The van der Waals surface area contributed by atoms with E-state index < -0.39 is 19.9 Å². The third-order valence-electron chi connectivity index (χ3n) is 3.70. The molecule has 0 aliphatic carbocycles. The molecular formula is C14H21NO4S2. The average molecular weight is 331 g/mol. The van der Waals surface area contributed by atoms with Gasteiger partial charge in [-0.25, -0.2) is 16.8 Å². The minimum Gasteiger partial charge on any atom is -0.224 e. The minimum absolute atomic E-state index is 0.117. The summed E-state index contributed by atoms with van der Waals surface area (Å²) in [4.78, 5) is -0.246. The van der Waals surface area contributed by atoms with Crippen molar-refractivity contribution in [2.75, 3.05) is 19.3 Å². The molecule has 1 aliphatic rings. The van der Waals surface area contributed by atoms with Gasteiger partial charge in [0, 0.05) is 19.3 Å². The van der Waals surface area contributed by atoms with E-state index in [1.54, 1.807) is 6.07 Å². The Hall–Kier alpha value is -0.920. The lowest BCUT2D eigenvalue weighted by atomic mass is 9.94. The second kappa shape index (κ2) is 5.70. The van der Waals surface area contributed by atoms with Crippen molar-refractivity contribution >= 4 is 19.9 Å². The van der Waals surface area contributed by atoms with Crippen LogP contribution in [0.1, 0.15) is 20.3 Å². The normalized spacial score (nSPS) is 24.9. The van der Waals surface area contributed by atoms with Crippen LogP contribution in [0.25, 0.3) is 0 Å². The summed E-state index contributed by atoms with van der Waals surface area (Å²) in [6, 6.07) is 5.81. The predicted molar refractivity (Wildman–Crippen MR) is 81.3 cm³/mol. The van der Waals surface area contributed by atoms with Crippen LogP contribution >= 0.6 is 0 Å². The van der Waals surface area contributed by atoms with Gasteiger partial charge in [0.2, 0.25) is 10.0 Å². The first-order chi connectivity index (χ1) is 9.62. The van der Waals surface area contributed by atoms with Crippen LogP contribution in [-0.2, 0) is 19.9 Å². The summed E-state index contributed by atoms with van der Waals surface area (Å²) in [6.45, 7) is 4.90. The van der Waals surface area contributed by atoms with E-state index in [-0.39, 0.29) is 21.6 Å². The third-order valence-corrected chi connectivity index (χ3v) is 6.88. The van der Waals surface area contributed by atoms with Crippen LogP contribution < -0.4 is 0 Å². The molecule has 1 aliphatic heterocycles. The molecule has 0 spiro atoms. The number of sulfonamides is 1. The summed E-state index contributed by atoms with van der Waals surface area (Å²) in [5.74, 6) is 0.544. The van der Waals surface area contributed by atoms with Crippen LogP contribution in [0.5, 0.6) is 0 Å². The Morgan fingerprint density at radius 3 is 1.90 bits per heavy atom. The molecule has 2 atom stereocenters. The molecule has 1 fully saturated rings. The van der Waals surface area contributed by atoms with E-state index in [1.165, 1.54) is 22.5 Å². The van der Waals surface area contributed by atoms with Gasteiger partial charge in [-0.3, -0.25) is 0 Å². The molecule has 0 aromatic heterocycles. The lowest BCUT2D eigenvalue weighted by molar-refractivity contribution is 0.222. The van der Waals surface area contributed by atoms with E-state index in [9.17, 15) is 16.8 Å². The fraction of sp³-hybridized carbons (Fsp3) is 0.571. The van der Waals surface area contributed by atoms with Gasteiger partial charge in [0.25, 0.3) is 0 Å². The Labute approximate surface area is 126 Å². The number of hydrogen-bond acceptors (Lipinski definition) is 4. The zero-order valence-corrected chi connectivity index (χ0v) is 14.1. The van der Waals surface area contributed by atoms with Gasteiger partial charge in [0.05, 0.1) is 4.90 Å². The molecule has 2 unspecified atom stereocenters. The molecule has 1 heterocycles. The Morgan fingerprint density at radius 2 is 1.43 bits per heavy atom. The molecule has 21 heavy (non-hydrogen) atoms. The van der Waals surface area contributed by atoms with Crippen molar-refractivity contribution in [3.63, 3.8) is 0 Å². The minimum atomic E-state index is -3.79. The molecule has 0 radical (unpaired) electrons. The standard InChI is InChI=1S/C14H21NO4S2/c1-11-8-12(2)10-15(9-11)21(18,19)14-7-5-4-6-13(14)20(3,16)17/h4-7,11-12H,8-10H2,1-3H3. The van der Waals surface area contributed by atoms with E-state index in [0.717, 1.165) is 12.7 Å². The van der Waals surface area contributed by atoms with Crippen molar-refractivity contribution in [1.82, 2.24) is 4.31 Å². The molecule has 0 amide bonds. The molecule has 1 aromatic rings. The van der Waals surface area contributed by atoms with Gasteiger partial charge < -0.3 is 0 Å². The highest BCUT2D eigenvalue weighted by Crippen LogP contribution is 2.29. The van der Waals surface area contributed by atoms with Crippen molar-refractivity contribution in [3.05, 3.63) is 24.3 Å². The van der Waals surface area contributed by atoms with Crippen molar-refractivity contribution in [2.45, 2.75) is 30.1 Å². The molecule has 0 N–H and O–H groups in total. The lowest BCUT2D eigenvalue weighted by Crippen LogP contribution is -2.42. The van der Waals surface area contributed by atoms with Gasteiger partial charge in [0.1, 0.15) is 4.90 Å². The van der Waals surface area contributed by atoms with Crippen molar-refractivity contribution in [2.24, 2.45) is 11.8 Å². The first-order valence-electron chi connectivity index (χ1n) is 6.91. The fourth-order valence-corrected chi connectivity index (χ4v) is 6.19. The summed E-state index contributed by atoms with van der Waals surface area (Å²) < 4.78 is 50.7. The Balaban J connectivity index is 2.50. The number of nitrogens with zero attached hydrogens (tertiary/aromatic N) is 1. The highest BCUT2D eigenvalue weighted by atomic mass is 32.2. The van der Waals surface area contributed by atoms with Crippen molar-refractivity contribution in [1.29, 1.82) is 0 Å². The molecule has 1 saturated heterocycles. The smallest absolute Gasteiger partial charge is 0.224 e. The van der Waals surface area contributed by atoms with Crippen LogP contribution in [-0.4, -0.2) is 40.5 Å². The topological polar surface area (TPSA) is 71.5 Å². The van der Waals surface area contributed by atoms with Gasteiger partial charge in [0.15, 0.2) is 9.84 Å². The van der Waals surface area contributed by atoms with E-state index in [0.29, 0.717) is 13.1 Å². The second-order valence-electron chi connectivity index (χ2n) is 5.99. The fourth-order valence-electron chi connectivity index (χ4n) is 2.91. The summed E-state index contributed by atoms with van der Waals surface area (Å²) in [7, 11) is -7.38. The molecule has 7 heteroatoms. The predicted octanol–water partition coefficient (Wildman–Crippen LogP) is 1.76. The zero-order valence-electron chi connectivity index (χ0n) is 12.5. The first kappa shape index (κ1) is 16.5. The Kier molecular flexibility index (Phi) is 4.46. The number of rotatable bonds is 3. The molecule has 1 aromatic carbocycles. The summed E-state index contributed by atoms with van der Waals surface area (Å²) in [6.07, 6.45) is 2.02. The highest BCUT2D eigenvalue weighted by Gasteiger charge is 2.34. The van der Waals surface area contributed by atoms with Gasteiger partial charge in [-0.05, 0) is 30.4 Å². The third kappa shape index (κ3) is 3.46. The van der Waals surface area contributed by atoms with Crippen LogP contribution in [0.3, 0.4) is 0 Å². The Bertz CT molecular complexity index is 715. The van der Waals surface area contributed by atoms with Crippen LogP contribution in [0.15, 0.2) is 34.1 Å². The monoisotopic (exact) mass is 331 g/mol. The molecule has 0 bridgehead atoms. The number of benzene rings is 1. The van der Waals surface area contributed by atoms with Crippen molar-refractivity contribution in [3.8, 4) is 0 Å². The molecule has 5 nitrogen and oxygen atoms in total. The maximum Gasteiger partial charge on any atom is 0.244 e.